The van der Waals surface area contributed by atoms with Crippen LogP contribution in [0.1, 0.15) is 0 Å². The molecule has 2 aromatic carbocycles. The lowest BCUT2D eigenvalue weighted by Crippen LogP contribution is -2.60. The molecular formula is C15H10BBr2N. The smallest absolute Gasteiger partial charge is 0.390 e. The highest BCUT2D eigenvalue weighted by atomic mass is 79.9. The molecule has 0 bridgehead atoms. The van der Waals surface area contributed by atoms with Crippen molar-refractivity contribution in [2.75, 3.05) is 0 Å². The second-order valence-corrected chi connectivity index (χ2v) is 8.74. The third kappa shape index (κ3) is 1.50. The highest BCUT2D eigenvalue weighted by molar-refractivity contribution is 9.51. The number of hydrogen-bond acceptors (Lipinski definition) is 0. The fourth-order valence-electron chi connectivity index (χ4n) is 2.97. The van der Waals surface area contributed by atoms with Crippen LogP contribution in [0, 0.1) is 0 Å². The Labute approximate surface area is 128 Å². The summed E-state index contributed by atoms with van der Waals surface area (Å²) in [6.07, 6.45) is 0. The van der Waals surface area contributed by atoms with E-state index >= 15 is 0 Å². The lowest BCUT2D eigenvalue weighted by molar-refractivity contribution is -0.486. The molecular weight excluding hydrogens is 365 g/mol. The molecule has 0 amide bonds. The van der Waals surface area contributed by atoms with Crippen molar-refractivity contribution in [3.05, 3.63) is 60.7 Å². The van der Waals surface area contributed by atoms with Crippen LogP contribution in [0.25, 0.3) is 22.2 Å². The fraction of sp³-hybridized carbons (Fsp3) is 0. The Bertz CT molecular complexity index is 814. The summed E-state index contributed by atoms with van der Waals surface area (Å²) in [6.45, 7) is 0. The van der Waals surface area contributed by atoms with Crippen molar-refractivity contribution in [1.29, 1.82) is 0 Å². The second-order valence-electron chi connectivity index (χ2n) is 4.86. The largest absolute Gasteiger partial charge is 0.428 e. The standard InChI is InChI=1S/C15H10BBr2N/c17-16(18)13-7-3-2-6-12(13)15-10-9-11-5-1-4-8-14(11)19(15)16/h1-10H. The van der Waals surface area contributed by atoms with E-state index in [9.17, 15) is 0 Å². The van der Waals surface area contributed by atoms with E-state index in [0.717, 1.165) is 0 Å². The summed E-state index contributed by atoms with van der Waals surface area (Å²) >= 11 is 7.81. The molecule has 0 spiro atoms. The lowest BCUT2D eigenvalue weighted by Gasteiger charge is -2.19. The number of fused-ring (bicyclic) bond motifs is 5. The van der Waals surface area contributed by atoms with Crippen LogP contribution in [-0.4, -0.2) is 3.93 Å². The SMILES string of the molecule is Br[B-]1(Br)c2ccccc2-c2ccc3ccccc3[n+]21. The number of rotatable bonds is 0. The normalized spacial score (nSPS) is 15.3. The van der Waals surface area contributed by atoms with Crippen LogP contribution in [-0.2, 0) is 0 Å². The van der Waals surface area contributed by atoms with Crippen molar-refractivity contribution < 1.29 is 4.48 Å². The molecule has 4 rings (SSSR count). The van der Waals surface area contributed by atoms with Crippen LogP contribution in [0.2, 0.25) is 0 Å². The molecule has 2 heterocycles. The van der Waals surface area contributed by atoms with Crippen LogP contribution in [0.5, 0.6) is 0 Å². The van der Waals surface area contributed by atoms with Gasteiger partial charge in [0.1, 0.15) is 0 Å². The first-order valence-corrected chi connectivity index (χ1v) is 8.08. The first-order chi connectivity index (χ1) is 9.19. The van der Waals surface area contributed by atoms with Gasteiger partial charge in [0.05, 0.1) is 0 Å². The molecule has 4 heteroatoms. The second kappa shape index (κ2) is 3.93. The van der Waals surface area contributed by atoms with Crippen molar-refractivity contribution in [2.24, 2.45) is 0 Å². The van der Waals surface area contributed by atoms with Crippen molar-refractivity contribution in [2.45, 2.75) is 0 Å². The highest BCUT2D eigenvalue weighted by Gasteiger charge is 2.43. The van der Waals surface area contributed by atoms with Gasteiger partial charge in [-0.15, -0.1) is 0 Å². The Kier molecular flexibility index (Phi) is 2.42. The quantitative estimate of drug-likeness (QED) is 0.529. The molecule has 92 valence electrons. The topological polar surface area (TPSA) is 3.88 Å². The molecule has 0 N–H and O–H groups in total. The van der Waals surface area contributed by atoms with E-state index in [1.165, 1.54) is 27.6 Å². The molecule has 0 aliphatic carbocycles. The molecule has 0 unspecified atom stereocenters. The van der Waals surface area contributed by atoms with Crippen LogP contribution >= 0.6 is 31.5 Å². The molecule has 1 aliphatic rings. The molecule has 0 atom stereocenters. The van der Waals surface area contributed by atoms with Crippen molar-refractivity contribution in [3.63, 3.8) is 0 Å². The van der Waals surface area contributed by atoms with E-state index < -0.39 is 3.93 Å². The third-order valence-electron chi connectivity index (χ3n) is 3.81. The first-order valence-electron chi connectivity index (χ1n) is 6.25. The average molecular weight is 375 g/mol. The van der Waals surface area contributed by atoms with E-state index in [0.29, 0.717) is 0 Å². The minimum atomic E-state index is -1.10. The number of benzene rings is 2. The molecule has 1 nitrogen and oxygen atoms in total. The number of halogens is 2. The monoisotopic (exact) mass is 373 g/mol. The predicted molar refractivity (Wildman–Crippen MR) is 88.2 cm³/mol. The van der Waals surface area contributed by atoms with Gasteiger partial charge in [-0.2, -0.15) is 0 Å². The minimum absolute atomic E-state index is 1.10. The maximum Gasteiger partial charge on any atom is 0.428 e. The van der Waals surface area contributed by atoms with Gasteiger partial charge in [0.25, 0.3) is 0 Å². The van der Waals surface area contributed by atoms with Crippen LogP contribution in [0.15, 0.2) is 60.7 Å². The zero-order valence-corrected chi connectivity index (χ0v) is 13.2. The first kappa shape index (κ1) is 11.7. The van der Waals surface area contributed by atoms with Gasteiger partial charge in [0, 0.05) is 23.1 Å². The molecule has 1 aromatic heterocycles. The van der Waals surface area contributed by atoms with Gasteiger partial charge in [-0.1, -0.05) is 41.9 Å². The lowest BCUT2D eigenvalue weighted by atomic mass is 9.82. The zero-order valence-electron chi connectivity index (χ0n) is 10.1. The van der Waals surface area contributed by atoms with Crippen molar-refractivity contribution in [1.82, 2.24) is 0 Å². The predicted octanol–water partition coefficient (Wildman–Crippen LogP) is 3.59. The summed E-state index contributed by atoms with van der Waals surface area (Å²) in [7, 11) is 0. The van der Waals surface area contributed by atoms with Crippen molar-refractivity contribution >= 4 is 51.8 Å². The van der Waals surface area contributed by atoms with Crippen LogP contribution < -0.4 is 9.94 Å². The number of hydrogen-bond donors (Lipinski definition) is 0. The highest BCUT2D eigenvalue weighted by Crippen LogP contribution is 2.32. The van der Waals surface area contributed by atoms with Gasteiger partial charge in [-0.3, -0.25) is 0 Å². The van der Waals surface area contributed by atoms with E-state index in [2.05, 4.69) is 96.7 Å². The Morgan fingerprint density at radius 1 is 0.789 bits per heavy atom. The molecule has 1 aliphatic heterocycles. The summed E-state index contributed by atoms with van der Waals surface area (Å²) < 4.78 is 1.26. The summed E-state index contributed by atoms with van der Waals surface area (Å²) in [6, 6.07) is 21.4. The molecule has 0 saturated heterocycles. The Morgan fingerprint density at radius 3 is 2.42 bits per heavy atom. The van der Waals surface area contributed by atoms with Gasteiger partial charge in [-0.05, 0) is 12.1 Å². The maximum atomic E-state index is 3.90. The number of pyridine rings is 1. The van der Waals surface area contributed by atoms with E-state index in [1.54, 1.807) is 0 Å². The van der Waals surface area contributed by atoms with E-state index in [4.69, 9.17) is 0 Å². The van der Waals surface area contributed by atoms with Crippen LogP contribution in [0.3, 0.4) is 0 Å². The summed E-state index contributed by atoms with van der Waals surface area (Å²) in [4.78, 5) is 0. The Morgan fingerprint density at radius 2 is 1.53 bits per heavy atom. The van der Waals surface area contributed by atoms with Gasteiger partial charge in [0.2, 0.25) is 0 Å². The molecule has 19 heavy (non-hydrogen) atoms. The summed E-state index contributed by atoms with van der Waals surface area (Å²) in [5.41, 5.74) is 5.09. The van der Waals surface area contributed by atoms with Gasteiger partial charge in [-0.25, -0.2) is 31.5 Å². The molecule has 0 radical (unpaired) electrons. The van der Waals surface area contributed by atoms with Gasteiger partial charge in [0.15, 0.2) is 11.2 Å². The number of aromatic nitrogens is 1. The van der Waals surface area contributed by atoms with Crippen LogP contribution in [0.4, 0.5) is 0 Å². The zero-order chi connectivity index (χ0) is 13.0. The summed E-state index contributed by atoms with van der Waals surface area (Å²) in [5, 5.41) is 1.25. The minimum Gasteiger partial charge on any atom is -0.390 e. The molecule has 3 aromatic rings. The third-order valence-corrected chi connectivity index (χ3v) is 5.62. The molecule has 0 saturated carbocycles. The Balaban J connectivity index is 2.20. The van der Waals surface area contributed by atoms with E-state index in [1.807, 2.05) is 0 Å². The molecule has 0 fully saturated rings. The average Bonchev–Trinajstić information content (AvgIpc) is 2.68. The van der Waals surface area contributed by atoms with Crippen molar-refractivity contribution in [3.8, 4) is 11.3 Å². The maximum absolute atomic E-state index is 3.90. The van der Waals surface area contributed by atoms with Gasteiger partial charge < -0.3 is 4.48 Å². The Hall–Kier alpha value is -1.13. The van der Waals surface area contributed by atoms with Gasteiger partial charge >= 0.3 is 3.93 Å². The van der Waals surface area contributed by atoms with E-state index in [-0.39, 0.29) is 0 Å². The number of para-hydroxylation sites is 1. The fourth-order valence-corrected chi connectivity index (χ4v) is 4.65. The number of nitrogens with zero attached hydrogens (tertiary/aromatic N) is 1. The summed E-state index contributed by atoms with van der Waals surface area (Å²) in [5.74, 6) is 0.